The lowest BCUT2D eigenvalue weighted by atomic mass is 10.0. The number of ether oxygens (including phenoxy) is 1. The van der Waals surface area contributed by atoms with Gasteiger partial charge in [-0.25, -0.2) is 8.42 Å². The molecule has 0 aliphatic heterocycles. The van der Waals surface area contributed by atoms with E-state index in [1.54, 1.807) is 48.7 Å². The number of rotatable bonds is 7. The number of fused-ring (bicyclic) bond motifs is 1. The molecular weight excluding hydrogens is 424 g/mol. The van der Waals surface area contributed by atoms with Crippen molar-refractivity contribution in [2.75, 3.05) is 6.61 Å². The summed E-state index contributed by atoms with van der Waals surface area (Å²) >= 11 is 0. The van der Waals surface area contributed by atoms with Crippen molar-refractivity contribution < 1.29 is 18.3 Å². The summed E-state index contributed by atoms with van der Waals surface area (Å²) in [5.74, 6) is 0.782. The first-order chi connectivity index (χ1) is 15.5. The Morgan fingerprint density at radius 3 is 2.38 bits per heavy atom. The van der Waals surface area contributed by atoms with Crippen LogP contribution in [0.2, 0.25) is 0 Å². The Kier molecular flexibility index (Phi) is 6.09. The maximum absolute atomic E-state index is 12.6. The standard InChI is InChI=1S/C25H21N2O4S/c1-2-31-21-12-8-20(9-13-21)27-32(29,30)22-14-10-19(11-15-22)26-17-24-23-6-4-3-5-18(23)7-16-25(24)28/h3-17H,2H2,1H3,(H,26,28)/q-1. The Balaban J connectivity index is 1.52. The predicted molar refractivity (Wildman–Crippen MR) is 127 cm³/mol. The van der Waals surface area contributed by atoms with Gasteiger partial charge in [0.2, 0.25) is 0 Å². The van der Waals surface area contributed by atoms with Crippen LogP contribution in [0.3, 0.4) is 0 Å². The third-order valence-electron chi connectivity index (χ3n) is 4.80. The summed E-state index contributed by atoms with van der Waals surface area (Å²) in [7, 11) is -3.87. The Bertz CT molecular complexity index is 1360. The molecule has 0 fully saturated rings. The largest absolute Gasteiger partial charge is 0.573 e. The molecule has 0 bridgehead atoms. The molecule has 0 saturated heterocycles. The highest BCUT2D eigenvalue weighted by molar-refractivity contribution is 7.94. The van der Waals surface area contributed by atoms with E-state index in [0.29, 0.717) is 29.3 Å². The summed E-state index contributed by atoms with van der Waals surface area (Å²) in [5, 5.41) is 12.1. The SMILES string of the molecule is CCOc1ccc([N-]S(=O)(=O)c2ccc(N=Cc3c(O)ccc4ccccc34)cc2)cc1. The highest BCUT2D eigenvalue weighted by atomic mass is 32.2. The number of benzene rings is 4. The zero-order valence-corrected chi connectivity index (χ0v) is 18.2. The van der Waals surface area contributed by atoms with Gasteiger partial charge in [0.1, 0.15) is 21.5 Å². The fraction of sp³-hybridized carbons (Fsp3) is 0.0800. The van der Waals surface area contributed by atoms with E-state index in [-0.39, 0.29) is 10.6 Å². The van der Waals surface area contributed by atoms with E-state index in [2.05, 4.69) is 9.71 Å². The summed E-state index contributed by atoms with van der Waals surface area (Å²) in [4.78, 5) is 4.47. The molecule has 4 rings (SSSR count). The molecule has 0 unspecified atom stereocenters. The topological polar surface area (TPSA) is 90.1 Å². The highest BCUT2D eigenvalue weighted by Gasteiger charge is 2.06. The van der Waals surface area contributed by atoms with Gasteiger partial charge in [-0.3, -0.25) is 4.99 Å². The average molecular weight is 446 g/mol. The third-order valence-corrected chi connectivity index (χ3v) is 6.12. The average Bonchev–Trinajstić information content (AvgIpc) is 2.80. The fourth-order valence-electron chi connectivity index (χ4n) is 3.22. The van der Waals surface area contributed by atoms with Gasteiger partial charge in [0.25, 0.3) is 0 Å². The molecular formula is C25H21N2O4S-. The van der Waals surface area contributed by atoms with Gasteiger partial charge in [0, 0.05) is 11.8 Å². The van der Waals surface area contributed by atoms with Crippen LogP contribution in [0, 0.1) is 0 Å². The zero-order valence-electron chi connectivity index (χ0n) is 17.3. The van der Waals surface area contributed by atoms with E-state index in [1.165, 1.54) is 12.1 Å². The van der Waals surface area contributed by atoms with Crippen LogP contribution < -0.4 is 4.74 Å². The first-order valence-corrected chi connectivity index (χ1v) is 11.5. The van der Waals surface area contributed by atoms with Crippen LogP contribution in [-0.2, 0) is 10.0 Å². The molecule has 0 spiro atoms. The molecule has 6 nitrogen and oxygen atoms in total. The monoisotopic (exact) mass is 445 g/mol. The molecule has 0 atom stereocenters. The quantitative estimate of drug-likeness (QED) is 0.349. The van der Waals surface area contributed by atoms with Crippen LogP contribution in [0.25, 0.3) is 15.5 Å². The maximum Gasteiger partial charge on any atom is 0.124 e. The van der Waals surface area contributed by atoms with E-state index in [9.17, 15) is 13.5 Å². The summed E-state index contributed by atoms with van der Waals surface area (Å²) in [6, 6.07) is 23.8. The van der Waals surface area contributed by atoms with Crippen LogP contribution in [0.5, 0.6) is 11.5 Å². The smallest absolute Gasteiger partial charge is 0.124 e. The molecule has 32 heavy (non-hydrogen) atoms. The molecule has 0 radical (unpaired) electrons. The lowest BCUT2D eigenvalue weighted by Crippen LogP contribution is -1.97. The maximum atomic E-state index is 12.6. The Morgan fingerprint density at radius 2 is 1.66 bits per heavy atom. The van der Waals surface area contributed by atoms with Crippen molar-refractivity contribution in [2.45, 2.75) is 11.8 Å². The van der Waals surface area contributed by atoms with Gasteiger partial charge in [-0.15, -0.1) is 5.69 Å². The lowest BCUT2D eigenvalue weighted by molar-refractivity contribution is 0.340. The summed E-state index contributed by atoms with van der Waals surface area (Å²) in [5.41, 5.74) is 1.48. The Morgan fingerprint density at radius 1 is 0.938 bits per heavy atom. The number of phenolic OH excluding ortho intramolecular Hbond substituents is 1. The molecule has 0 amide bonds. The van der Waals surface area contributed by atoms with Crippen LogP contribution in [0.15, 0.2) is 94.8 Å². The normalized spacial score (nSPS) is 11.7. The first kappa shape index (κ1) is 21.4. The van der Waals surface area contributed by atoms with Crippen LogP contribution in [0.4, 0.5) is 11.4 Å². The van der Waals surface area contributed by atoms with Gasteiger partial charge >= 0.3 is 0 Å². The molecule has 0 aliphatic carbocycles. The molecule has 0 aliphatic rings. The molecule has 0 heterocycles. The number of aromatic hydroxyl groups is 1. The van der Waals surface area contributed by atoms with Crippen LogP contribution >= 0.6 is 0 Å². The van der Waals surface area contributed by atoms with Gasteiger partial charge in [-0.05, 0) is 60.2 Å². The van der Waals surface area contributed by atoms with Crippen molar-refractivity contribution in [2.24, 2.45) is 4.99 Å². The van der Waals surface area contributed by atoms with E-state index < -0.39 is 10.0 Å². The van der Waals surface area contributed by atoms with Gasteiger partial charge in [0.15, 0.2) is 0 Å². The molecule has 0 saturated carbocycles. The van der Waals surface area contributed by atoms with Gasteiger partial charge < -0.3 is 14.6 Å². The number of sulfonamides is 1. The highest BCUT2D eigenvalue weighted by Crippen LogP contribution is 2.30. The zero-order chi connectivity index (χ0) is 22.6. The minimum Gasteiger partial charge on any atom is -0.573 e. The minimum atomic E-state index is -3.87. The molecule has 4 aromatic carbocycles. The third kappa shape index (κ3) is 4.73. The van der Waals surface area contributed by atoms with E-state index in [4.69, 9.17) is 4.74 Å². The number of hydrogen-bond acceptors (Lipinski definition) is 5. The van der Waals surface area contributed by atoms with E-state index in [0.717, 1.165) is 10.8 Å². The van der Waals surface area contributed by atoms with Crippen molar-refractivity contribution in [3.63, 3.8) is 0 Å². The first-order valence-electron chi connectivity index (χ1n) is 10.0. The summed E-state index contributed by atoms with van der Waals surface area (Å²) < 4.78 is 34.5. The van der Waals surface area contributed by atoms with E-state index >= 15 is 0 Å². The second-order valence-corrected chi connectivity index (χ2v) is 8.57. The lowest BCUT2D eigenvalue weighted by Gasteiger charge is -2.22. The van der Waals surface area contributed by atoms with Crippen molar-refractivity contribution in [1.29, 1.82) is 0 Å². The van der Waals surface area contributed by atoms with Gasteiger partial charge in [0.05, 0.1) is 17.2 Å². The molecule has 162 valence electrons. The number of phenols is 1. The molecule has 1 N–H and O–H groups in total. The van der Waals surface area contributed by atoms with Crippen molar-refractivity contribution in [3.05, 3.63) is 95.2 Å². The molecule has 4 aromatic rings. The molecule has 0 aromatic heterocycles. The molecule has 7 heteroatoms. The predicted octanol–water partition coefficient (Wildman–Crippen LogP) is 6.09. The summed E-state index contributed by atoms with van der Waals surface area (Å²) in [6.07, 6.45) is 1.57. The minimum absolute atomic E-state index is 0.0679. The van der Waals surface area contributed by atoms with Gasteiger partial charge in [-0.1, -0.05) is 42.5 Å². The van der Waals surface area contributed by atoms with Crippen LogP contribution in [-0.4, -0.2) is 26.3 Å². The fourth-order valence-corrected chi connectivity index (χ4v) is 4.21. The van der Waals surface area contributed by atoms with Gasteiger partial charge in [-0.2, -0.15) is 0 Å². The number of nitrogens with zero attached hydrogens (tertiary/aromatic N) is 2. The number of aliphatic imine (C=N–C) groups is 1. The van der Waals surface area contributed by atoms with Crippen molar-refractivity contribution >= 4 is 38.4 Å². The Labute approximate surface area is 186 Å². The second kappa shape index (κ2) is 9.11. The number of hydrogen-bond donors (Lipinski definition) is 1. The van der Waals surface area contributed by atoms with Crippen molar-refractivity contribution in [1.82, 2.24) is 0 Å². The van der Waals surface area contributed by atoms with Crippen molar-refractivity contribution in [3.8, 4) is 11.5 Å². The Hall–Kier alpha value is -3.84. The van der Waals surface area contributed by atoms with Crippen LogP contribution in [0.1, 0.15) is 12.5 Å². The second-order valence-electron chi connectivity index (χ2n) is 6.96. The van der Waals surface area contributed by atoms with E-state index in [1.807, 2.05) is 37.3 Å². The summed E-state index contributed by atoms with van der Waals surface area (Å²) in [6.45, 7) is 2.41.